The number of aryl methyl sites for hydroxylation is 2. The first-order valence-electron chi connectivity index (χ1n) is 8.44. The molecule has 4 heterocycles. The van der Waals surface area contributed by atoms with Gasteiger partial charge >= 0.3 is 0 Å². The van der Waals surface area contributed by atoms with Crippen LogP contribution in [0.25, 0.3) is 0 Å². The van der Waals surface area contributed by atoms with Gasteiger partial charge in [-0.15, -0.1) is 5.10 Å². The molecule has 0 saturated carbocycles. The van der Waals surface area contributed by atoms with E-state index in [1.165, 1.54) is 0 Å². The van der Waals surface area contributed by atoms with E-state index in [-0.39, 0.29) is 18.0 Å². The third-order valence-corrected chi connectivity index (χ3v) is 4.73. The number of carbonyl (C=O) groups is 1. The van der Waals surface area contributed by atoms with E-state index in [0.29, 0.717) is 18.7 Å². The summed E-state index contributed by atoms with van der Waals surface area (Å²) >= 11 is 0. The summed E-state index contributed by atoms with van der Waals surface area (Å²) in [4.78, 5) is 19.1. The molecule has 3 aromatic rings. The molecule has 1 amide bonds. The molecule has 3 aromatic heterocycles. The standard InChI is InChI=1S/C16H21N9O/c1-22-5-3-12(7-22)16(26)20-13-8-24(10-15-17-11-19-23(15)2)9-14(13)25-6-4-18-21-25/h3-7,11,13-14H,8-10H2,1-2H3,(H,20,26)/t13-,14+/m1/s1. The molecular formula is C16H21N9O. The minimum absolute atomic E-state index is 0.0124. The molecule has 0 aliphatic carbocycles. The van der Waals surface area contributed by atoms with Crippen LogP contribution < -0.4 is 5.32 Å². The zero-order chi connectivity index (χ0) is 18.1. The second-order valence-corrected chi connectivity index (χ2v) is 6.59. The van der Waals surface area contributed by atoms with Crippen LogP contribution in [-0.2, 0) is 20.6 Å². The van der Waals surface area contributed by atoms with Gasteiger partial charge in [0.2, 0.25) is 0 Å². The van der Waals surface area contributed by atoms with Crippen LogP contribution in [0, 0.1) is 0 Å². The van der Waals surface area contributed by atoms with Gasteiger partial charge in [0.1, 0.15) is 12.2 Å². The molecule has 0 unspecified atom stereocenters. The van der Waals surface area contributed by atoms with E-state index in [0.717, 1.165) is 12.4 Å². The average molecular weight is 355 g/mol. The van der Waals surface area contributed by atoms with Crippen molar-refractivity contribution in [3.05, 3.63) is 48.6 Å². The Morgan fingerprint density at radius 3 is 2.85 bits per heavy atom. The van der Waals surface area contributed by atoms with E-state index < -0.39 is 0 Å². The summed E-state index contributed by atoms with van der Waals surface area (Å²) in [5.74, 6) is 0.804. The SMILES string of the molecule is Cn1ccc(C(=O)N[C@@H]2CN(Cc3ncnn3C)C[C@@H]2n2ccnn2)c1. The number of amides is 1. The first kappa shape index (κ1) is 16.5. The lowest BCUT2D eigenvalue weighted by atomic mass is 10.1. The lowest BCUT2D eigenvalue weighted by Gasteiger charge is -2.19. The van der Waals surface area contributed by atoms with Crippen molar-refractivity contribution in [1.82, 2.24) is 44.5 Å². The number of nitrogens with zero attached hydrogens (tertiary/aromatic N) is 8. The number of hydrogen-bond donors (Lipinski definition) is 1. The van der Waals surface area contributed by atoms with Crippen molar-refractivity contribution in [2.45, 2.75) is 18.6 Å². The van der Waals surface area contributed by atoms with E-state index in [1.807, 2.05) is 48.0 Å². The highest BCUT2D eigenvalue weighted by Gasteiger charge is 2.36. The maximum absolute atomic E-state index is 12.6. The van der Waals surface area contributed by atoms with Gasteiger partial charge in [0.05, 0.1) is 30.4 Å². The molecule has 1 fully saturated rings. The van der Waals surface area contributed by atoms with Crippen molar-refractivity contribution in [3.63, 3.8) is 0 Å². The van der Waals surface area contributed by atoms with Gasteiger partial charge in [-0.05, 0) is 6.07 Å². The molecule has 0 radical (unpaired) electrons. The molecule has 0 spiro atoms. The predicted molar refractivity (Wildman–Crippen MR) is 92.0 cm³/mol. The van der Waals surface area contributed by atoms with E-state index in [4.69, 9.17) is 0 Å². The quantitative estimate of drug-likeness (QED) is 0.669. The second kappa shape index (κ2) is 6.71. The highest BCUT2D eigenvalue weighted by molar-refractivity contribution is 5.94. The van der Waals surface area contributed by atoms with E-state index in [1.54, 1.807) is 17.2 Å². The Morgan fingerprint density at radius 2 is 2.19 bits per heavy atom. The molecule has 10 heteroatoms. The van der Waals surface area contributed by atoms with Crippen LogP contribution >= 0.6 is 0 Å². The van der Waals surface area contributed by atoms with Crippen LogP contribution in [0.3, 0.4) is 0 Å². The van der Waals surface area contributed by atoms with Crippen molar-refractivity contribution in [2.75, 3.05) is 13.1 Å². The van der Waals surface area contributed by atoms with Gasteiger partial charge in [-0.2, -0.15) is 5.10 Å². The highest BCUT2D eigenvalue weighted by atomic mass is 16.1. The predicted octanol–water partition coefficient (Wildman–Crippen LogP) is -0.399. The van der Waals surface area contributed by atoms with Crippen LogP contribution in [0.15, 0.2) is 37.2 Å². The summed E-state index contributed by atoms with van der Waals surface area (Å²) in [6.07, 6.45) is 8.71. The highest BCUT2D eigenvalue weighted by Crippen LogP contribution is 2.23. The summed E-state index contributed by atoms with van der Waals surface area (Å²) in [5, 5.41) is 15.3. The molecule has 0 bridgehead atoms. The van der Waals surface area contributed by atoms with Crippen molar-refractivity contribution in [1.29, 1.82) is 0 Å². The Kier molecular flexibility index (Phi) is 4.25. The lowest BCUT2D eigenvalue weighted by Crippen LogP contribution is -2.41. The molecule has 0 aromatic carbocycles. The van der Waals surface area contributed by atoms with Crippen LogP contribution in [0.5, 0.6) is 0 Å². The molecule has 2 atom stereocenters. The van der Waals surface area contributed by atoms with Crippen molar-refractivity contribution < 1.29 is 4.79 Å². The number of rotatable bonds is 5. The van der Waals surface area contributed by atoms with Crippen molar-refractivity contribution in [3.8, 4) is 0 Å². The van der Waals surface area contributed by atoms with Crippen molar-refractivity contribution >= 4 is 5.91 Å². The zero-order valence-electron chi connectivity index (χ0n) is 14.7. The topological polar surface area (TPSA) is 98.7 Å². The fourth-order valence-corrected chi connectivity index (χ4v) is 3.35. The van der Waals surface area contributed by atoms with Gasteiger partial charge in [0, 0.05) is 45.8 Å². The summed E-state index contributed by atoms with van der Waals surface area (Å²) < 4.78 is 5.44. The monoisotopic (exact) mass is 355 g/mol. The Bertz CT molecular complexity index is 881. The fraction of sp³-hybridized carbons (Fsp3) is 0.438. The molecular weight excluding hydrogens is 334 g/mol. The van der Waals surface area contributed by atoms with E-state index in [2.05, 4.69) is 30.6 Å². The van der Waals surface area contributed by atoms with Gasteiger partial charge in [-0.1, -0.05) is 5.21 Å². The molecule has 136 valence electrons. The summed E-state index contributed by atoms with van der Waals surface area (Å²) in [5.41, 5.74) is 0.650. The van der Waals surface area contributed by atoms with Crippen LogP contribution in [0.2, 0.25) is 0 Å². The van der Waals surface area contributed by atoms with Gasteiger partial charge in [0.25, 0.3) is 5.91 Å². The minimum Gasteiger partial charge on any atom is -0.356 e. The molecule has 4 rings (SSSR count). The number of likely N-dealkylation sites (tertiary alicyclic amines) is 1. The number of aromatic nitrogens is 7. The van der Waals surface area contributed by atoms with E-state index in [9.17, 15) is 4.79 Å². The van der Waals surface area contributed by atoms with Gasteiger partial charge in [-0.3, -0.25) is 14.4 Å². The van der Waals surface area contributed by atoms with Gasteiger partial charge in [0.15, 0.2) is 0 Å². The Hall–Kier alpha value is -3.01. The van der Waals surface area contributed by atoms with Crippen LogP contribution in [-0.4, -0.2) is 64.3 Å². The molecule has 26 heavy (non-hydrogen) atoms. The fourth-order valence-electron chi connectivity index (χ4n) is 3.35. The Balaban J connectivity index is 1.50. The molecule has 1 aliphatic rings. The second-order valence-electron chi connectivity index (χ2n) is 6.59. The van der Waals surface area contributed by atoms with Crippen molar-refractivity contribution in [2.24, 2.45) is 14.1 Å². The van der Waals surface area contributed by atoms with Gasteiger partial charge < -0.3 is 9.88 Å². The minimum atomic E-state index is -0.0822. The summed E-state index contributed by atoms with van der Waals surface area (Å²) in [7, 11) is 3.77. The third-order valence-electron chi connectivity index (χ3n) is 4.73. The maximum atomic E-state index is 12.6. The van der Waals surface area contributed by atoms with Gasteiger partial charge in [-0.25, -0.2) is 9.67 Å². The van der Waals surface area contributed by atoms with E-state index >= 15 is 0 Å². The number of hydrogen-bond acceptors (Lipinski definition) is 6. The largest absolute Gasteiger partial charge is 0.356 e. The first-order chi connectivity index (χ1) is 12.6. The first-order valence-corrected chi connectivity index (χ1v) is 8.44. The third kappa shape index (κ3) is 3.23. The maximum Gasteiger partial charge on any atom is 0.253 e. The average Bonchev–Trinajstić information content (AvgIpc) is 3.37. The molecule has 1 N–H and O–H groups in total. The van der Waals surface area contributed by atoms with Crippen LogP contribution in [0.1, 0.15) is 22.2 Å². The summed E-state index contributed by atoms with van der Waals surface area (Å²) in [6, 6.07) is 1.75. The number of carbonyl (C=O) groups excluding carboxylic acids is 1. The lowest BCUT2D eigenvalue weighted by molar-refractivity contribution is 0.0929. The molecule has 10 nitrogen and oxygen atoms in total. The Morgan fingerprint density at radius 1 is 1.31 bits per heavy atom. The smallest absolute Gasteiger partial charge is 0.253 e. The van der Waals surface area contributed by atoms with Crippen LogP contribution in [0.4, 0.5) is 0 Å². The Labute approximate surface area is 150 Å². The molecule has 1 aliphatic heterocycles. The molecule has 1 saturated heterocycles. The summed E-state index contributed by atoms with van der Waals surface area (Å²) in [6.45, 7) is 2.12. The normalized spacial score (nSPS) is 20.5. The number of nitrogens with one attached hydrogen (secondary N) is 1. The zero-order valence-corrected chi connectivity index (χ0v) is 14.7.